The van der Waals surface area contributed by atoms with Gasteiger partial charge in [-0.2, -0.15) is 8.42 Å². The molecule has 11 heteroatoms. The average Bonchev–Trinajstić information content (AvgIpc) is 2.68. The first kappa shape index (κ1) is 23.0. The lowest BCUT2D eigenvalue weighted by Crippen LogP contribution is -2.15. The minimum absolute atomic E-state index is 0.156. The second-order valence-corrected chi connectivity index (χ2v) is 8.14. The van der Waals surface area contributed by atoms with Crippen LogP contribution in [0, 0.1) is 0 Å². The van der Waals surface area contributed by atoms with Gasteiger partial charge >= 0.3 is 22.1 Å². The van der Waals surface area contributed by atoms with E-state index in [4.69, 9.17) is 39.0 Å². The van der Waals surface area contributed by atoms with Crippen LogP contribution >= 0.6 is 34.8 Å². The van der Waals surface area contributed by atoms with Gasteiger partial charge in [0.2, 0.25) is 0 Å². The topological polar surface area (TPSA) is 96.0 Å². The maximum Gasteiger partial charge on any atom is 0.345 e. The zero-order chi connectivity index (χ0) is 21.8. The van der Waals surface area contributed by atoms with E-state index in [1.165, 1.54) is 36.4 Å². The first-order chi connectivity index (χ1) is 13.6. The molecule has 7 nitrogen and oxygen atoms in total. The van der Waals surface area contributed by atoms with Gasteiger partial charge in [0.1, 0.15) is 10.5 Å². The Morgan fingerprint density at radius 2 is 1.38 bits per heavy atom. The lowest BCUT2D eigenvalue weighted by Gasteiger charge is -2.11. The van der Waals surface area contributed by atoms with Crippen LogP contribution in [0.5, 0.6) is 5.75 Å². The SMILES string of the molecule is COC(=O)C(=Cc1cc(Cl)c(OS(=O)(=O)c2ccc(Cl)cc2)c(Cl)c1)C(=O)OC. The summed E-state index contributed by atoms with van der Waals surface area (Å²) >= 11 is 18.0. The van der Waals surface area contributed by atoms with Crippen molar-refractivity contribution in [3.05, 3.63) is 62.6 Å². The molecule has 29 heavy (non-hydrogen) atoms. The maximum atomic E-state index is 12.4. The second kappa shape index (κ2) is 9.49. The third-order valence-electron chi connectivity index (χ3n) is 3.44. The van der Waals surface area contributed by atoms with Crippen molar-refractivity contribution in [1.82, 2.24) is 0 Å². The first-order valence-corrected chi connectivity index (χ1v) is 10.2. The molecule has 0 N–H and O–H groups in total. The quantitative estimate of drug-likeness (QED) is 0.202. The Balaban J connectivity index is 2.43. The summed E-state index contributed by atoms with van der Waals surface area (Å²) < 4.78 is 38.9. The van der Waals surface area contributed by atoms with E-state index >= 15 is 0 Å². The molecule has 0 aliphatic rings. The van der Waals surface area contributed by atoms with E-state index in [1.807, 2.05) is 0 Å². The Hall–Kier alpha value is -2.26. The van der Waals surface area contributed by atoms with Crippen LogP contribution in [-0.4, -0.2) is 34.6 Å². The number of carbonyl (C=O) groups is 2. The van der Waals surface area contributed by atoms with Crippen LogP contribution in [0.1, 0.15) is 5.56 Å². The van der Waals surface area contributed by atoms with Crippen molar-refractivity contribution < 1.29 is 31.7 Å². The van der Waals surface area contributed by atoms with Crippen molar-refractivity contribution in [2.75, 3.05) is 14.2 Å². The van der Waals surface area contributed by atoms with E-state index in [0.29, 0.717) is 5.02 Å². The molecule has 0 bridgehead atoms. The van der Waals surface area contributed by atoms with E-state index in [9.17, 15) is 18.0 Å². The molecule has 0 aliphatic carbocycles. The highest BCUT2D eigenvalue weighted by atomic mass is 35.5. The van der Waals surface area contributed by atoms with Crippen LogP contribution in [0.25, 0.3) is 6.08 Å². The minimum atomic E-state index is -4.24. The summed E-state index contributed by atoms with van der Waals surface area (Å²) in [5.41, 5.74) is -0.202. The fourth-order valence-corrected chi connectivity index (χ4v) is 3.85. The van der Waals surface area contributed by atoms with E-state index in [2.05, 4.69) is 9.47 Å². The Kier molecular flexibility index (Phi) is 7.54. The zero-order valence-electron chi connectivity index (χ0n) is 14.9. The first-order valence-electron chi connectivity index (χ1n) is 7.66. The molecule has 0 saturated heterocycles. The Morgan fingerprint density at radius 3 is 1.83 bits per heavy atom. The van der Waals surface area contributed by atoms with Gasteiger partial charge in [-0.15, -0.1) is 0 Å². The van der Waals surface area contributed by atoms with E-state index in [0.717, 1.165) is 20.3 Å². The van der Waals surface area contributed by atoms with Crippen LogP contribution in [0.3, 0.4) is 0 Å². The van der Waals surface area contributed by atoms with Crippen LogP contribution in [0.2, 0.25) is 15.1 Å². The average molecular weight is 480 g/mol. The maximum absolute atomic E-state index is 12.4. The predicted octanol–water partition coefficient (Wildman–Crippen LogP) is 4.14. The zero-order valence-corrected chi connectivity index (χ0v) is 18.0. The molecule has 0 amide bonds. The summed E-state index contributed by atoms with van der Waals surface area (Å²) in [6.45, 7) is 0. The van der Waals surface area contributed by atoms with Gasteiger partial charge < -0.3 is 13.7 Å². The largest absolute Gasteiger partial charge is 0.465 e. The fourth-order valence-electron chi connectivity index (χ4n) is 2.09. The number of ether oxygens (including phenoxy) is 2. The number of carbonyl (C=O) groups excluding carboxylic acids is 2. The van der Waals surface area contributed by atoms with Gasteiger partial charge in [0, 0.05) is 5.02 Å². The molecule has 154 valence electrons. The molecule has 0 saturated carbocycles. The number of benzene rings is 2. The number of esters is 2. The van der Waals surface area contributed by atoms with Gasteiger partial charge in [-0.1, -0.05) is 34.8 Å². The van der Waals surface area contributed by atoms with Crippen LogP contribution in [0.15, 0.2) is 46.9 Å². The Morgan fingerprint density at radius 1 is 0.897 bits per heavy atom. The summed E-state index contributed by atoms with van der Waals surface area (Å²) in [4.78, 5) is 23.3. The Bertz CT molecular complexity index is 1040. The van der Waals surface area contributed by atoms with Gasteiger partial charge in [-0.3, -0.25) is 0 Å². The van der Waals surface area contributed by atoms with Crippen molar-refractivity contribution in [1.29, 1.82) is 0 Å². The summed E-state index contributed by atoms with van der Waals surface area (Å²) in [5, 5.41) is 0.00825. The van der Waals surface area contributed by atoms with Crippen molar-refractivity contribution in [2.45, 2.75) is 4.90 Å². The third-order valence-corrected chi connectivity index (χ3v) is 5.49. The minimum Gasteiger partial charge on any atom is -0.465 e. The van der Waals surface area contributed by atoms with E-state index in [-0.39, 0.29) is 26.3 Å². The van der Waals surface area contributed by atoms with Gasteiger partial charge in [0.25, 0.3) is 0 Å². The van der Waals surface area contributed by atoms with Gasteiger partial charge in [0.15, 0.2) is 5.75 Å². The van der Waals surface area contributed by atoms with Gasteiger partial charge in [0.05, 0.1) is 24.3 Å². The van der Waals surface area contributed by atoms with Crippen LogP contribution in [0.4, 0.5) is 0 Å². The fraction of sp³-hybridized carbons (Fsp3) is 0.111. The molecule has 2 rings (SSSR count). The normalized spacial score (nSPS) is 10.8. The van der Waals surface area contributed by atoms with Crippen molar-refractivity contribution >= 4 is 62.9 Å². The smallest absolute Gasteiger partial charge is 0.345 e. The lowest BCUT2D eigenvalue weighted by atomic mass is 10.1. The number of hydrogen-bond acceptors (Lipinski definition) is 7. The summed E-state index contributed by atoms with van der Waals surface area (Å²) in [7, 11) is -2.05. The monoisotopic (exact) mass is 478 g/mol. The highest BCUT2D eigenvalue weighted by Gasteiger charge is 2.23. The number of hydrogen-bond donors (Lipinski definition) is 0. The Labute approximate surface area is 181 Å². The molecule has 2 aromatic carbocycles. The number of rotatable bonds is 6. The molecule has 0 heterocycles. The van der Waals surface area contributed by atoms with Crippen LogP contribution in [-0.2, 0) is 29.2 Å². The number of halogens is 3. The van der Waals surface area contributed by atoms with Crippen LogP contribution < -0.4 is 4.18 Å². The molecular formula is C18H13Cl3O7S. The van der Waals surface area contributed by atoms with Crippen molar-refractivity contribution in [2.24, 2.45) is 0 Å². The van der Waals surface area contributed by atoms with Crippen molar-refractivity contribution in [3.63, 3.8) is 0 Å². The van der Waals surface area contributed by atoms with Crippen molar-refractivity contribution in [3.8, 4) is 5.75 Å². The molecule has 2 aromatic rings. The number of methoxy groups -OCH3 is 2. The molecule has 0 fully saturated rings. The summed E-state index contributed by atoms with van der Waals surface area (Å²) in [6, 6.07) is 7.80. The van der Waals surface area contributed by atoms with Gasteiger partial charge in [-0.25, -0.2) is 9.59 Å². The van der Waals surface area contributed by atoms with E-state index in [1.54, 1.807) is 0 Å². The predicted molar refractivity (Wildman–Crippen MR) is 108 cm³/mol. The second-order valence-electron chi connectivity index (χ2n) is 5.35. The lowest BCUT2D eigenvalue weighted by molar-refractivity contribution is -0.143. The molecule has 0 atom stereocenters. The van der Waals surface area contributed by atoms with E-state index < -0.39 is 27.6 Å². The standard InChI is InChI=1S/C18H13Cl3O7S/c1-26-17(22)13(18(23)27-2)7-10-8-14(20)16(15(21)9-10)28-29(24,25)12-5-3-11(19)4-6-12/h3-9H,1-2H3. The summed E-state index contributed by atoms with van der Waals surface area (Å²) in [6.07, 6.45) is 1.13. The van der Waals surface area contributed by atoms with Gasteiger partial charge in [-0.05, 0) is 48.0 Å². The highest BCUT2D eigenvalue weighted by molar-refractivity contribution is 7.87. The summed E-state index contributed by atoms with van der Waals surface area (Å²) in [5.74, 6) is -2.19. The molecule has 0 aromatic heterocycles. The molecule has 0 radical (unpaired) electrons. The molecule has 0 aliphatic heterocycles. The molecular weight excluding hydrogens is 467 g/mol. The third kappa shape index (κ3) is 5.63. The molecule has 0 spiro atoms. The highest BCUT2D eigenvalue weighted by Crippen LogP contribution is 2.37. The molecule has 0 unspecified atom stereocenters.